The van der Waals surface area contributed by atoms with Gasteiger partial charge < -0.3 is 15.5 Å². The van der Waals surface area contributed by atoms with Crippen LogP contribution in [0.1, 0.15) is 19.8 Å². The Kier molecular flexibility index (Phi) is 6.00. The van der Waals surface area contributed by atoms with Gasteiger partial charge in [-0.05, 0) is 6.42 Å². The van der Waals surface area contributed by atoms with E-state index in [0.717, 1.165) is 0 Å². The molecule has 1 amide bonds. The summed E-state index contributed by atoms with van der Waals surface area (Å²) in [4.78, 5) is 44.2. The maximum Gasteiger partial charge on any atom is 0.327 e. The van der Waals surface area contributed by atoms with Crippen LogP contribution in [0.4, 0.5) is 0 Å². The quantitative estimate of drug-likeness (QED) is 0.604. The number of aliphatic carboxylic acids is 2. The van der Waals surface area contributed by atoms with Gasteiger partial charge in [-0.3, -0.25) is 14.4 Å². The molecule has 0 aliphatic heterocycles. The largest absolute Gasteiger partial charge is 0.481 e. The molecule has 7 nitrogen and oxygen atoms in total. The second-order valence-electron chi connectivity index (χ2n) is 4.77. The summed E-state index contributed by atoms with van der Waals surface area (Å²) in [5.74, 6) is -3.05. The molecule has 1 aliphatic carbocycles. The molecule has 0 unspecified atom stereocenters. The molecule has 1 fully saturated rings. The van der Waals surface area contributed by atoms with Gasteiger partial charge in [0.15, 0.2) is 0 Å². The van der Waals surface area contributed by atoms with Crippen molar-refractivity contribution in [3.05, 3.63) is 0 Å². The van der Waals surface area contributed by atoms with Gasteiger partial charge in [-0.1, -0.05) is 0 Å². The molecule has 20 heavy (non-hydrogen) atoms. The van der Waals surface area contributed by atoms with Crippen molar-refractivity contribution in [1.82, 2.24) is 5.32 Å². The summed E-state index contributed by atoms with van der Waals surface area (Å²) in [6.07, 6.45) is 0.355. The van der Waals surface area contributed by atoms with Gasteiger partial charge in [-0.2, -0.15) is 11.8 Å². The number of ketones is 1. The molecule has 3 N–H and O–H groups in total. The fourth-order valence-corrected chi connectivity index (χ4v) is 3.27. The van der Waals surface area contributed by atoms with Crippen LogP contribution in [-0.2, 0) is 19.2 Å². The molecule has 0 aromatic heterocycles. The highest BCUT2D eigenvalue weighted by Gasteiger charge is 2.36. The standard InChI is InChI=1S/C12H17NO6S/c1-6(14)13-9(12(18)19)5-20-4-8-2-7(11(16)17)3-10(8)15/h7-9H,2-5H2,1H3,(H,13,14)(H,16,17)(H,18,19)/t7-,8+,9-/m0/s1. The maximum absolute atomic E-state index is 11.6. The molecule has 0 aromatic carbocycles. The molecule has 1 rings (SSSR count). The van der Waals surface area contributed by atoms with E-state index in [2.05, 4.69) is 5.32 Å². The number of carboxylic acids is 2. The van der Waals surface area contributed by atoms with E-state index in [0.29, 0.717) is 12.2 Å². The van der Waals surface area contributed by atoms with Crippen molar-refractivity contribution in [1.29, 1.82) is 0 Å². The average molecular weight is 303 g/mol. The lowest BCUT2D eigenvalue weighted by molar-refractivity contribution is -0.142. The third kappa shape index (κ3) is 4.84. The highest BCUT2D eigenvalue weighted by molar-refractivity contribution is 7.99. The van der Waals surface area contributed by atoms with E-state index < -0.39 is 29.8 Å². The highest BCUT2D eigenvalue weighted by Crippen LogP contribution is 2.30. The third-order valence-electron chi connectivity index (χ3n) is 3.10. The maximum atomic E-state index is 11.6. The van der Waals surface area contributed by atoms with Crippen LogP contribution in [0.2, 0.25) is 0 Å². The molecule has 0 heterocycles. The van der Waals surface area contributed by atoms with Crippen LogP contribution in [-0.4, -0.2) is 51.4 Å². The van der Waals surface area contributed by atoms with Crippen LogP contribution in [0.5, 0.6) is 0 Å². The van der Waals surface area contributed by atoms with Crippen LogP contribution in [0, 0.1) is 11.8 Å². The first-order valence-electron chi connectivity index (χ1n) is 6.14. The molecule has 0 radical (unpaired) electrons. The van der Waals surface area contributed by atoms with Gasteiger partial charge in [-0.25, -0.2) is 4.79 Å². The number of hydrogen-bond donors (Lipinski definition) is 3. The zero-order valence-electron chi connectivity index (χ0n) is 11.0. The molecule has 0 bridgehead atoms. The van der Waals surface area contributed by atoms with E-state index in [-0.39, 0.29) is 23.9 Å². The van der Waals surface area contributed by atoms with Gasteiger partial charge >= 0.3 is 11.9 Å². The minimum atomic E-state index is -1.13. The number of thioether (sulfide) groups is 1. The summed E-state index contributed by atoms with van der Waals surface area (Å²) in [6.45, 7) is 1.23. The fraction of sp³-hybridized carbons (Fsp3) is 0.667. The Morgan fingerprint density at radius 3 is 2.50 bits per heavy atom. The molecular formula is C12H17NO6S. The van der Waals surface area contributed by atoms with Gasteiger partial charge in [0.1, 0.15) is 11.8 Å². The van der Waals surface area contributed by atoms with Gasteiger partial charge in [0.2, 0.25) is 5.91 Å². The summed E-state index contributed by atoms with van der Waals surface area (Å²) in [5.41, 5.74) is 0. The lowest BCUT2D eigenvalue weighted by Gasteiger charge is -2.14. The molecule has 0 saturated heterocycles. The lowest BCUT2D eigenvalue weighted by Crippen LogP contribution is -2.41. The minimum Gasteiger partial charge on any atom is -0.481 e. The zero-order chi connectivity index (χ0) is 15.3. The van der Waals surface area contributed by atoms with E-state index in [9.17, 15) is 19.2 Å². The SMILES string of the molecule is CC(=O)N[C@@H](CSC[C@H]1C[C@H](C(=O)O)CC1=O)C(=O)O. The lowest BCUT2D eigenvalue weighted by atomic mass is 10.1. The number of carbonyl (C=O) groups is 4. The van der Waals surface area contributed by atoms with Crippen LogP contribution < -0.4 is 5.32 Å². The fourth-order valence-electron chi connectivity index (χ4n) is 2.07. The van der Waals surface area contributed by atoms with E-state index in [1.165, 1.54) is 18.7 Å². The predicted octanol–water partition coefficient (Wildman–Crippen LogP) is -0.0112. The topological polar surface area (TPSA) is 121 Å². The van der Waals surface area contributed by atoms with Crippen LogP contribution in [0.25, 0.3) is 0 Å². The van der Waals surface area contributed by atoms with Crippen molar-refractivity contribution < 1.29 is 29.4 Å². The Labute approximate surface area is 120 Å². The van der Waals surface area contributed by atoms with Gasteiger partial charge in [-0.15, -0.1) is 0 Å². The van der Waals surface area contributed by atoms with Crippen LogP contribution >= 0.6 is 11.8 Å². The third-order valence-corrected chi connectivity index (χ3v) is 4.31. The molecule has 0 spiro atoms. The summed E-state index contributed by atoms with van der Waals surface area (Å²) in [7, 11) is 0. The molecule has 112 valence electrons. The van der Waals surface area contributed by atoms with Crippen molar-refractivity contribution in [3.63, 3.8) is 0 Å². The Balaban J connectivity index is 2.39. The number of hydrogen-bond acceptors (Lipinski definition) is 5. The molecule has 3 atom stereocenters. The molecule has 0 aromatic rings. The monoisotopic (exact) mass is 303 g/mol. The Morgan fingerprint density at radius 1 is 1.40 bits per heavy atom. The number of Topliss-reactive ketones (excluding diaryl/α,β-unsaturated/α-hetero) is 1. The van der Waals surface area contributed by atoms with Gasteiger partial charge in [0, 0.05) is 30.8 Å². The van der Waals surface area contributed by atoms with E-state index in [1.54, 1.807) is 0 Å². The molecular weight excluding hydrogens is 286 g/mol. The number of carbonyl (C=O) groups excluding carboxylic acids is 2. The highest BCUT2D eigenvalue weighted by atomic mass is 32.2. The second-order valence-corrected chi connectivity index (χ2v) is 5.84. The summed E-state index contributed by atoms with van der Waals surface area (Å²) in [6, 6.07) is -0.996. The van der Waals surface area contributed by atoms with Crippen molar-refractivity contribution in [2.75, 3.05) is 11.5 Å². The second kappa shape index (κ2) is 7.28. The van der Waals surface area contributed by atoms with Gasteiger partial charge in [0.05, 0.1) is 5.92 Å². The number of carboxylic acid groups (broad SMARTS) is 2. The van der Waals surface area contributed by atoms with Crippen LogP contribution in [0.15, 0.2) is 0 Å². The first-order valence-corrected chi connectivity index (χ1v) is 7.30. The number of amides is 1. The molecule has 1 aliphatic rings. The smallest absolute Gasteiger partial charge is 0.327 e. The van der Waals surface area contributed by atoms with Crippen molar-refractivity contribution in [3.8, 4) is 0 Å². The van der Waals surface area contributed by atoms with E-state index >= 15 is 0 Å². The Hall–Kier alpha value is -1.57. The van der Waals surface area contributed by atoms with Crippen molar-refractivity contribution in [2.24, 2.45) is 11.8 Å². The van der Waals surface area contributed by atoms with E-state index in [4.69, 9.17) is 10.2 Å². The number of nitrogens with one attached hydrogen (secondary N) is 1. The van der Waals surface area contributed by atoms with Crippen LogP contribution in [0.3, 0.4) is 0 Å². The molecule has 8 heteroatoms. The van der Waals surface area contributed by atoms with Gasteiger partial charge in [0.25, 0.3) is 0 Å². The average Bonchev–Trinajstić information content (AvgIpc) is 2.69. The predicted molar refractivity (Wildman–Crippen MR) is 71.4 cm³/mol. The van der Waals surface area contributed by atoms with Crippen molar-refractivity contribution >= 4 is 35.4 Å². The number of rotatable bonds is 7. The summed E-state index contributed by atoms with van der Waals surface area (Å²) in [5, 5.41) is 20.1. The van der Waals surface area contributed by atoms with Crippen molar-refractivity contribution in [2.45, 2.75) is 25.8 Å². The summed E-state index contributed by atoms with van der Waals surface area (Å²) >= 11 is 1.24. The Bertz CT molecular complexity index is 424. The van der Waals surface area contributed by atoms with E-state index in [1.807, 2.05) is 0 Å². The first kappa shape index (κ1) is 16.5. The minimum absolute atomic E-state index is 0.0502. The normalized spacial score (nSPS) is 23.4. The Morgan fingerprint density at radius 2 is 2.05 bits per heavy atom. The molecule has 1 saturated carbocycles. The zero-order valence-corrected chi connectivity index (χ0v) is 11.8. The first-order chi connectivity index (χ1) is 9.31. The summed E-state index contributed by atoms with van der Waals surface area (Å²) < 4.78 is 0.